The van der Waals surface area contributed by atoms with Gasteiger partial charge in [0.15, 0.2) is 11.6 Å². The van der Waals surface area contributed by atoms with E-state index in [1.54, 1.807) is 13.1 Å². The van der Waals surface area contributed by atoms with E-state index in [2.05, 4.69) is 10.3 Å². The lowest BCUT2D eigenvalue weighted by molar-refractivity contribution is -0.122. The van der Waals surface area contributed by atoms with E-state index >= 15 is 0 Å². The van der Waals surface area contributed by atoms with E-state index in [1.807, 2.05) is 0 Å². The summed E-state index contributed by atoms with van der Waals surface area (Å²) in [7, 11) is 0. The van der Waals surface area contributed by atoms with E-state index in [9.17, 15) is 13.6 Å². The molecule has 1 N–H and O–H groups in total. The number of rotatable bonds is 4. The second-order valence-electron chi connectivity index (χ2n) is 5.20. The summed E-state index contributed by atoms with van der Waals surface area (Å²) < 4.78 is 31.3. The third kappa shape index (κ3) is 2.94. The van der Waals surface area contributed by atoms with Crippen LogP contribution in [0.5, 0.6) is 0 Å². The van der Waals surface area contributed by atoms with Gasteiger partial charge in [0.25, 0.3) is 0 Å². The molecule has 0 unspecified atom stereocenters. The fraction of sp³-hybridized carbons (Fsp3) is 0.333. The fourth-order valence-corrected chi connectivity index (χ4v) is 2.37. The lowest BCUT2D eigenvalue weighted by Gasteiger charge is -2.03. The van der Waals surface area contributed by atoms with Crippen molar-refractivity contribution in [2.24, 2.45) is 5.92 Å². The van der Waals surface area contributed by atoms with Gasteiger partial charge in [-0.3, -0.25) is 4.79 Å². The molecule has 0 aliphatic heterocycles. The molecule has 2 aromatic rings. The number of benzene rings is 1. The topological polar surface area (TPSA) is 55.1 Å². The zero-order valence-corrected chi connectivity index (χ0v) is 11.4. The van der Waals surface area contributed by atoms with Crippen molar-refractivity contribution in [1.82, 2.24) is 10.3 Å². The van der Waals surface area contributed by atoms with Crippen LogP contribution < -0.4 is 5.32 Å². The van der Waals surface area contributed by atoms with Gasteiger partial charge in [0.2, 0.25) is 11.8 Å². The van der Waals surface area contributed by atoms with Gasteiger partial charge in [-0.2, -0.15) is 0 Å². The number of oxazole rings is 1. The first-order valence-electron chi connectivity index (χ1n) is 6.68. The van der Waals surface area contributed by atoms with Gasteiger partial charge in [0.05, 0.1) is 12.7 Å². The highest BCUT2D eigenvalue weighted by Gasteiger charge is 2.44. The number of aromatic nitrogens is 1. The Bertz CT molecular complexity index is 684. The van der Waals surface area contributed by atoms with E-state index in [0.29, 0.717) is 23.6 Å². The molecule has 1 saturated carbocycles. The molecule has 4 nitrogen and oxygen atoms in total. The predicted octanol–water partition coefficient (Wildman–Crippen LogP) is 2.68. The van der Waals surface area contributed by atoms with Crippen molar-refractivity contribution in [3.05, 3.63) is 53.2 Å². The summed E-state index contributed by atoms with van der Waals surface area (Å²) in [6.07, 6.45) is 2.23. The van der Waals surface area contributed by atoms with Gasteiger partial charge in [0, 0.05) is 5.92 Å². The molecule has 0 radical (unpaired) electrons. The third-order valence-corrected chi connectivity index (χ3v) is 3.58. The number of hydrogen-bond acceptors (Lipinski definition) is 3. The van der Waals surface area contributed by atoms with Crippen LogP contribution in [0.25, 0.3) is 0 Å². The smallest absolute Gasteiger partial charge is 0.224 e. The summed E-state index contributed by atoms with van der Waals surface area (Å²) >= 11 is 0. The Morgan fingerprint density at radius 2 is 2.24 bits per heavy atom. The number of nitrogens with one attached hydrogen (secondary N) is 1. The Hall–Kier alpha value is -2.24. The molecule has 21 heavy (non-hydrogen) atoms. The number of nitrogens with zero attached hydrogens (tertiary/aromatic N) is 1. The lowest BCUT2D eigenvalue weighted by Crippen LogP contribution is -2.25. The molecule has 1 aromatic heterocycles. The van der Waals surface area contributed by atoms with Crippen LogP contribution in [0.15, 0.2) is 28.8 Å². The maximum atomic E-state index is 13.2. The number of carbonyl (C=O) groups excluding carboxylic acids is 1. The van der Waals surface area contributed by atoms with Crippen LogP contribution in [-0.4, -0.2) is 10.9 Å². The summed E-state index contributed by atoms with van der Waals surface area (Å²) in [4.78, 5) is 16.0. The molecular weight excluding hydrogens is 278 g/mol. The van der Waals surface area contributed by atoms with Crippen molar-refractivity contribution >= 4 is 5.91 Å². The molecule has 1 aromatic carbocycles. The van der Waals surface area contributed by atoms with E-state index in [1.165, 1.54) is 6.07 Å². The third-order valence-electron chi connectivity index (χ3n) is 3.58. The minimum atomic E-state index is -0.881. The number of hydrogen-bond donors (Lipinski definition) is 1. The molecule has 3 rings (SSSR count). The van der Waals surface area contributed by atoms with Crippen molar-refractivity contribution in [2.75, 3.05) is 0 Å². The first kappa shape index (κ1) is 13.7. The first-order valence-corrected chi connectivity index (χ1v) is 6.68. The molecule has 1 aliphatic rings. The normalized spacial score (nSPS) is 20.3. The molecule has 1 aliphatic carbocycles. The number of carbonyl (C=O) groups is 1. The van der Waals surface area contributed by atoms with Crippen molar-refractivity contribution in [1.29, 1.82) is 0 Å². The Balaban J connectivity index is 1.57. The van der Waals surface area contributed by atoms with E-state index in [-0.39, 0.29) is 24.3 Å². The summed E-state index contributed by atoms with van der Waals surface area (Å²) in [6.45, 7) is 2.01. The van der Waals surface area contributed by atoms with Crippen LogP contribution in [0.1, 0.15) is 29.6 Å². The van der Waals surface area contributed by atoms with Gasteiger partial charge < -0.3 is 9.73 Å². The highest BCUT2D eigenvalue weighted by atomic mass is 19.2. The van der Waals surface area contributed by atoms with E-state index < -0.39 is 11.6 Å². The lowest BCUT2D eigenvalue weighted by atomic mass is 10.1. The monoisotopic (exact) mass is 292 g/mol. The standard InChI is InChI=1S/C15H14F2N2O2/c1-8-6-18-14(21-8)7-19-15(20)11-5-10(11)9-2-3-12(16)13(17)4-9/h2-4,6,10-11H,5,7H2,1H3,(H,19,20)/t10-,11-/m1/s1. The molecule has 0 saturated heterocycles. The minimum Gasteiger partial charge on any atom is -0.444 e. The summed E-state index contributed by atoms with van der Waals surface area (Å²) in [5.74, 6) is -0.998. The highest BCUT2D eigenvalue weighted by Crippen LogP contribution is 2.47. The Labute approximate surface area is 120 Å². The average molecular weight is 292 g/mol. The van der Waals surface area contributed by atoms with Gasteiger partial charge in [-0.15, -0.1) is 0 Å². The Kier molecular flexibility index (Phi) is 3.45. The number of amides is 1. The van der Waals surface area contributed by atoms with Crippen LogP contribution in [0.3, 0.4) is 0 Å². The van der Waals surface area contributed by atoms with Crippen molar-refractivity contribution in [3.63, 3.8) is 0 Å². The molecule has 1 heterocycles. The Morgan fingerprint density at radius 1 is 1.43 bits per heavy atom. The number of aryl methyl sites for hydroxylation is 1. The van der Waals surface area contributed by atoms with Crippen molar-refractivity contribution in [3.8, 4) is 0 Å². The van der Waals surface area contributed by atoms with E-state index in [4.69, 9.17) is 4.42 Å². The van der Waals surface area contributed by atoms with Crippen LogP contribution in [0.4, 0.5) is 8.78 Å². The largest absolute Gasteiger partial charge is 0.444 e. The molecule has 1 amide bonds. The van der Waals surface area contributed by atoms with Crippen molar-refractivity contribution < 1.29 is 18.0 Å². The van der Waals surface area contributed by atoms with Gasteiger partial charge in [0.1, 0.15) is 5.76 Å². The molecule has 2 atom stereocenters. The molecule has 0 spiro atoms. The molecular formula is C15H14F2N2O2. The highest BCUT2D eigenvalue weighted by molar-refractivity contribution is 5.82. The number of halogens is 2. The zero-order chi connectivity index (χ0) is 15.0. The molecule has 0 bridgehead atoms. The fourth-order valence-electron chi connectivity index (χ4n) is 2.37. The van der Waals surface area contributed by atoms with Crippen molar-refractivity contribution in [2.45, 2.75) is 25.8 Å². The van der Waals surface area contributed by atoms with Crippen LogP contribution >= 0.6 is 0 Å². The van der Waals surface area contributed by atoms with Gasteiger partial charge in [-0.25, -0.2) is 13.8 Å². The maximum absolute atomic E-state index is 13.2. The zero-order valence-electron chi connectivity index (χ0n) is 11.4. The van der Waals surface area contributed by atoms with Gasteiger partial charge in [-0.1, -0.05) is 6.07 Å². The SMILES string of the molecule is Cc1cnc(CNC(=O)[C@@H]2C[C@@H]2c2ccc(F)c(F)c2)o1. The minimum absolute atomic E-state index is 0.0496. The first-order chi connectivity index (χ1) is 10.0. The van der Waals surface area contributed by atoms with Crippen LogP contribution in [0, 0.1) is 24.5 Å². The summed E-state index contributed by atoms with van der Waals surface area (Å²) in [5, 5.41) is 2.74. The van der Waals surface area contributed by atoms with Crippen LogP contribution in [0.2, 0.25) is 0 Å². The predicted molar refractivity (Wildman–Crippen MR) is 70.3 cm³/mol. The Morgan fingerprint density at radius 3 is 2.90 bits per heavy atom. The van der Waals surface area contributed by atoms with E-state index in [0.717, 1.165) is 12.1 Å². The average Bonchev–Trinajstić information content (AvgIpc) is 3.15. The summed E-state index contributed by atoms with van der Waals surface area (Å²) in [6, 6.07) is 3.77. The quantitative estimate of drug-likeness (QED) is 0.942. The summed E-state index contributed by atoms with van der Waals surface area (Å²) in [5.41, 5.74) is 0.654. The van der Waals surface area contributed by atoms with Crippen LogP contribution in [-0.2, 0) is 11.3 Å². The second kappa shape index (κ2) is 5.27. The molecule has 6 heteroatoms. The molecule has 1 fully saturated rings. The van der Waals surface area contributed by atoms with Gasteiger partial charge in [-0.05, 0) is 37.0 Å². The second-order valence-corrected chi connectivity index (χ2v) is 5.20. The maximum Gasteiger partial charge on any atom is 0.224 e. The molecule has 110 valence electrons. The van der Waals surface area contributed by atoms with Gasteiger partial charge >= 0.3 is 0 Å².